The quantitative estimate of drug-likeness (QED) is 0.812. The molecule has 5 nitrogen and oxygen atoms in total. The van der Waals surface area contributed by atoms with Crippen LogP contribution in [0.15, 0.2) is 0 Å². The van der Waals surface area contributed by atoms with Gasteiger partial charge in [-0.1, -0.05) is 6.92 Å². The van der Waals surface area contributed by atoms with Crippen molar-refractivity contribution in [1.82, 2.24) is 10.2 Å². The molecule has 1 aliphatic rings. The normalized spacial score (nSPS) is 24.9. The molecule has 6 heteroatoms. The second-order valence-electron chi connectivity index (χ2n) is 5.27. The molecule has 1 heterocycles. The van der Waals surface area contributed by atoms with Gasteiger partial charge in [-0.3, -0.25) is 4.79 Å². The number of hydrogen-bond acceptors (Lipinski definition) is 3. The Balaban J connectivity index is 2.63. The Bertz CT molecular complexity index is 338. The van der Waals surface area contributed by atoms with Crippen LogP contribution in [0, 0.1) is 5.41 Å². The van der Waals surface area contributed by atoms with Crippen LogP contribution in [0.4, 0.5) is 4.79 Å². The number of hydrogen-bond donors (Lipinski definition) is 2. The molecule has 110 valence electrons. The molecule has 0 aromatic heterocycles. The van der Waals surface area contributed by atoms with Crippen LogP contribution in [-0.2, 0) is 4.79 Å². The van der Waals surface area contributed by atoms with Crippen LogP contribution in [0.25, 0.3) is 0 Å². The largest absolute Gasteiger partial charge is 0.481 e. The third-order valence-electron chi connectivity index (χ3n) is 3.78. The fourth-order valence-electron chi connectivity index (χ4n) is 2.51. The third-order valence-corrected chi connectivity index (χ3v) is 4.61. The molecule has 0 bridgehead atoms. The van der Waals surface area contributed by atoms with Crippen LogP contribution in [0.2, 0.25) is 0 Å². The molecule has 0 aliphatic carbocycles. The van der Waals surface area contributed by atoms with Crippen molar-refractivity contribution in [3.63, 3.8) is 0 Å². The molecule has 19 heavy (non-hydrogen) atoms. The van der Waals surface area contributed by atoms with E-state index < -0.39 is 11.4 Å². The Kier molecular flexibility index (Phi) is 5.97. The minimum Gasteiger partial charge on any atom is -0.481 e. The van der Waals surface area contributed by atoms with Gasteiger partial charge in [0.25, 0.3) is 0 Å². The predicted molar refractivity (Wildman–Crippen MR) is 77.5 cm³/mol. The average molecular weight is 288 g/mol. The molecular formula is C13H24N2O3S. The summed E-state index contributed by atoms with van der Waals surface area (Å²) in [6, 6.07) is -0.0365. The number of piperidine rings is 1. The molecular weight excluding hydrogens is 264 g/mol. The summed E-state index contributed by atoms with van der Waals surface area (Å²) in [4.78, 5) is 25.2. The van der Waals surface area contributed by atoms with E-state index in [0.717, 1.165) is 12.2 Å². The van der Waals surface area contributed by atoms with Crippen LogP contribution < -0.4 is 5.32 Å². The average Bonchev–Trinajstić information content (AvgIpc) is 2.38. The van der Waals surface area contributed by atoms with E-state index in [4.69, 9.17) is 0 Å². The van der Waals surface area contributed by atoms with Gasteiger partial charge in [-0.25, -0.2) is 4.79 Å². The summed E-state index contributed by atoms with van der Waals surface area (Å²) in [6.07, 6.45) is 3.97. The maximum atomic E-state index is 12.1. The number of carboxylic acid groups (broad SMARTS) is 1. The lowest BCUT2D eigenvalue weighted by Gasteiger charge is -2.39. The second kappa shape index (κ2) is 7.03. The zero-order chi connectivity index (χ0) is 14.5. The van der Waals surface area contributed by atoms with E-state index in [1.54, 1.807) is 16.7 Å². The van der Waals surface area contributed by atoms with E-state index in [0.29, 0.717) is 25.9 Å². The predicted octanol–water partition coefficient (Wildman–Crippen LogP) is 2.02. The van der Waals surface area contributed by atoms with Gasteiger partial charge in [0.05, 0.1) is 5.41 Å². The fraction of sp³-hybridized carbons (Fsp3) is 0.846. The molecule has 0 saturated carbocycles. The van der Waals surface area contributed by atoms with E-state index in [2.05, 4.69) is 5.32 Å². The van der Waals surface area contributed by atoms with Gasteiger partial charge < -0.3 is 15.3 Å². The number of likely N-dealkylation sites (tertiary alicyclic amines) is 1. The van der Waals surface area contributed by atoms with Gasteiger partial charge in [0.2, 0.25) is 0 Å². The molecule has 2 amide bonds. The monoisotopic (exact) mass is 288 g/mol. The summed E-state index contributed by atoms with van der Waals surface area (Å²) in [5, 5.41) is 12.3. The summed E-state index contributed by atoms with van der Waals surface area (Å²) in [5.41, 5.74) is -0.766. The maximum absolute atomic E-state index is 12.1. The zero-order valence-electron chi connectivity index (χ0n) is 11.9. The lowest BCUT2D eigenvalue weighted by molar-refractivity contribution is -0.152. The summed E-state index contributed by atoms with van der Waals surface area (Å²) < 4.78 is 0. The lowest BCUT2D eigenvalue weighted by Crippen LogP contribution is -2.53. The van der Waals surface area contributed by atoms with E-state index >= 15 is 0 Å². The van der Waals surface area contributed by atoms with Crippen molar-refractivity contribution in [2.24, 2.45) is 5.41 Å². The van der Waals surface area contributed by atoms with E-state index in [1.165, 1.54) is 0 Å². The molecule has 0 spiro atoms. The summed E-state index contributed by atoms with van der Waals surface area (Å²) in [6.45, 7) is 4.80. The third kappa shape index (κ3) is 4.03. The number of thioether (sulfide) groups is 1. The maximum Gasteiger partial charge on any atom is 0.317 e. The number of rotatable bonds is 5. The van der Waals surface area contributed by atoms with Crippen LogP contribution in [-0.4, -0.2) is 53.1 Å². The van der Waals surface area contributed by atoms with Gasteiger partial charge >= 0.3 is 12.0 Å². The number of carbonyl (C=O) groups excluding carboxylic acids is 1. The molecule has 0 radical (unpaired) electrons. The van der Waals surface area contributed by atoms with E-state index in [-0.39, 0.29) is 12.1 Å². The number of nitrogens with one attached hydrogen (secondary N) is 1. The SMILES string of the molecule is CCC1(C(=O)O)CCCN(C(=O)NC(C)CSC)C1. The van der Waals surface area contributed by atoms with Crippen LogP contribution in [0.5, 0.6) is 0 Å². The van der Waals surface area contributed by atoms with Crippen LogP contribution >= 0.6 is 11.8 Å². The minimum atomic E-state index is -0.787. The molecule has 0 aromatic rings. The lowest BCUT2D eigenvalue weighted by atomic mass is 9.78. The van der Waals surface area contributed by atoms with Crippen molar-refractivity contribution in [3.8, 4) is 0 Å². The van der Waals surface area contributed by atoms with E-state index in [9.17, 15) is 14.7 Å². The number of carbonyl (C=O) groups is 2. The Morgan fingerprint density at radius 1 is 1.53 bits per heavy atom. The first-order valence-corrected chi connectivity index (χ1v) is 8.12. The highest BCUT2D eigenvalue weighted by Gasteiger charge is 2.42. The summed E-state index contributed by atoms with van der Waals surface area (Å²) in [7, 11) is 0. The van der Waals surface area contributed by atoms with Gasteiger partial charge in [-0.15, -0.1) is 0 Å². The van der Waals surface area contributed by atoms with Gasteiger partial charge in [-0.05, 0) is 32.4 Å². The summed E-state index contributed by atoms with van der Waals surface area (Å²) >= 11 is 1.68. The van der Waals surface area contributed by atoms with Crippen molar-refractivity contribution in [1.29, 1.82) is 0 Å². The molecule has 0 aromatic carbocycles. The van der Waals surface area contributed by atoms with Crippen molar-refractivity contribution in [2.45, 2.75) is 39.2 Å². The number of urea groups is 1. The van der Waals surface area contributed by atoms with E-state index in [1.807, 2.05) is 20.1 Å². The molecule has 2 atom stereocenters. The highest BCUT2D eigenvalue weighted by atomic mass is 32.2. The molecule has 2 N–H and O–H groups in total. The topological polar surface area (TPSA) is 69.6 Å². The smallest absolute Gasteiger partial charge is 0.317 e. The first-order valence-electron chi connectivity index (χ1n) is 6.73. The van der Waals surface area contributed by atoms with Gasteiger partial charge in [0, 0.05) is 24.9 Å². The fourth-order valence-corrected chi connectivity index (χ4v) is 3.10. The Hall–Kier alpha value is -0.910. The number of amides is 2. The molecule has 1 fully saturated rings. The molecule has 2 unspecified atom stereocenters. The number of aliphatic carboxylic acids is 1. The highest BCUT2D eigenvalue weighted by Crippen LogP contribution is 2.33. The molecule has 1 aliphatic heterocycles. The highest BCUT2D eigenvalue weighted by molar-refractivity contribution is 7.98. The van der Waals surface area contributed by atoms with Crippen molar-refractivity contribution >= 4 is 23.8 Å². The summed E-state index contributed by atoms with van der Waals surface area (Å²) in [5.74, 6) is 0.0712. The Labute approximate surface area is 119 Å². The Morgan fingerprint density at radius 3 is 2.74 bits per heavy atom. The standard InChI is InChI=1S/C13H24N2O3S/c1-4-13(11(16)17)6-5-7-15(9-13)12(18)14-10(2)8-19-3/h10H,4-9H2,1-3H3,(H,14,18)(H,16,17). The van der Waals surface area contributed by atoms with Crippen LogP contribution in [0.3, 0.4) is 0 Å². The van der Waals surface area contributed by atoms with Gasteiger partial charge in [0.15, 0.2) is 0 Å². The van der Waals surface area contributed by atoms with Crippen molar-refractivity contribution < 1.29 is 14.7 Å². The Morgan fingerprint density at radius 2 is 2.21 bits per heavy atom. The number of carboxylic acids is 1. The first-order chi connectivity index (χ1) is 8.95. The van der Waals surface area contributed by atoms with Crippen molar-refractivity contribution in [3.05, 3.63) is 0 Å². The zero-order valence-corrected chi connectivity index (χ0v) is 12.8. The van der Waals surface area contributed by atoms with Crippen molar-refractivity contribution in [2.75, 3.05) is 25.1 Å². The molecule has 1 rings (SSSR count). The first kappa shape index (κ1) is 16.1. The van der Waals surface area contributed by atoms with Gasteiger partial charge in [0.1, 0.15) is 0 Å². The van der Waals surface area contributed by atoms with Crippen LogP contribution in [0.1, 0.15) is 33.1 Å². The molecule has 1 saturated heterocycles. The minimum absolute atomic E-state index is 0.102. The van der Waals surface area contributed by atoms with Gasteiger partial charge in [-0.2, -0.15) is 11.8 Å². The number of nitrogens with zero attached hydrogens (tertiary/aromatic N) is 1. The second-order valence-corrected chi connectivity index (χ2v) is 6.18.